The number of nitrogens with zero attached hydrogens (tertiary/aromatic N) is 5. The fraction of sp³-hybridized carbons (Fsp3) is 0.370. The van der Waals surface area contributed by atoms with Crippen molar-refractivity contribution in [3.8, 4) is 0 Å². The summed E-state index contributed by atoms with van der Waals surface area (Å²) in [5.41, 5.74) is 9.71. The molecule has 1 amide bonds. The number of carbonyl (C=O) groups is 1. The molecule has 2 fully saturated rings. The fourth-order valence-electron chi connectivity index (χ4n) is 5.53. The van der Waals surface area contributed by atoms with E-state index in [0.717, 1.165) is 84.4 Å². The molecule has 2 aromatic carbocycles. The number of hydrogen-bond donors (Lipinski definition) is 1. The lowest BCUT2D eigenvalue weighted by molar-refractivity contribution is 0.0608. The van der Waals surface area contributed by atoms with Crippen LogP contribution in [0.25, 0.3) is 16.4 Å². The number of rotatable bonds is 3. The summed E-state index contributed by atoms with van der Waals surface area (Å²) in [6.07, 6.45) is 6.04. The van der Waals surface area contributed by atoms with Crippen molar-refractivity contribution in [1.82, 2.24) is 19.5 Å². The molecule has 2 aliphatic rings. The van der Waals surface area contributed by atoms with E-state index >= 15 is 0 Å². The smallest absolute Gasteiger partial charge is 0.255 e. The first-order chi connectivity index (χ1) is 16.6. The first-order valence-corrected chi connectivity index (χ1v) is 12.2. The second kappa shape index (κ2) is 8.40. The van der Waals surface area contributed by atoms with Gasteiger partial charge >= 0.3 is 0 Å². The van der Waals surface area contributed by atoms with Crippen molar-refractivity contribution in [3.63, 3.8) is 0 Å². The van der Waals surface area contributed by atoms with Crippen LogP contribution in [0.4, 0.5) is 5.82 Å². The highest BCUT2D eigenvalue weighted by Gasteiger charge is 2.31. The molecule has 0 aliphatic carbocycles. The van der Waals surface area contributed by atoms with E-state index in [0.29, 0.717) is 0 Å². The van der Waals surface area contributed by atoms with E-state index in [9.17, 15) is 4.79 Å². The third kappa shape index (κ3) is 3.60. The molecule has 2 saturated heterocycles. The standard InChI is InChI=1S/C27H30N6O/c1-18-16-33-25(29-26(18)31-14-12-20(28)17-31)15-23(30-33)24-11-4-5-13-32(24)27(34)22-10-6-8-19-7-2-3-9-21(19)22/h2-3,6-10,15-16,20,24H,4-5,11-14,17,28H2,1H3/t20-,24?/m0/s1. The van der Waals surface area contributed by atoms with Crippen molar-refractivity contribution in [2.24, 2.45) is 5.73 Å². The number of aryl methyl sites for hydroxylation is 1. The lowest BCUT2D eigenvalue weighted by Crippen LogP contribution is -2.38. The number of aromatic nitrogens is 3. The van der Waals surface area contributed by atoms with E-state index in [1.165, 1.54) is 0 Å². The highest BCUT2D eigenvalue weighted by Crippen LogP contribution is 2.34. The number of likely N-dealkylation sites (tertiary alicyclic amines) is 1. The van der Waals surface area contributed by atoms with Crippen LogP contribution >= 0.6 is 0 Å². The van der Waals surface area contributed by atoms with Crippen LogP contribution in [0.1, 0.15) is 53.3 Å². The maximum absolute atomic E-state index is 13.8. The molecule has 0 radical (unpaired) electrons. The van der Waals surface area contributed by atoms with Crippen LogP contribution in [-0.2, 0) is 0 Å². The zero-order valence-electron chi connectivity index (χ0n) is 19.5. The number of amides is 1. The van der Waals surface area contributed by atoms with Crippen molar-refractivity contribution in [2.75, 3.05) is 24.5 Å². The molecule has 2 atom stereocenters. The van der Waals surface area contributed by atoms with Crippen molar-refractivity contribution < 1.29 is 4.79 Å². The molecule has 4 aromatic rings. The molecule has 2 N–H and O–H groups in total. The van der Waals surface area contributed by atoms with Crippen LogP contribution in [0.2, 0.25) is 0 Å². The van der Waals surface area contributed by atoms with Crippen LogP contribution in [0.5, 0.6) is 0 Å². The molecule has 0 saturated carbocycles. The van der Waals surface area contributed by atoms with Gasteiger partial charge in [0, 0.05) is 49.1 Å². The van der Waals surface area contributed by atoms with E-state index in [1.807, 2.05) is 45.9 Å². The van der Waals surface area contributed by atoms with Gasteiger partial charge in [-0.25, -0.2) is 9.50 Å². The summed E-state index contributed by atoms with van der Waals surface area (Å²) in [5.74, 6) is 1.06. The zero-order valence-corrected chi connectivity index (χ0v) is 19.5. The third-order valence-corrected chi connectivity index (χ3v) is 7.27. The average molecular weight is 455 g/mol. The summed E-state index contributed by atoms with van der Waals surface area (Å²) in [6.45, 7) is 4.58. The molecular formula is C27H30N6O. The Labute approximate surface area is 199 Å². The topological polar surface area (TPSA) is 79.8 Å². The molecule has 6 rings (SSSR count). The molecule has 1 unspecified atom stereocenters. The van der Waals surface area contributed by atoms with E-state index in [1.54, 1.807) is 0 Å². The van der Waals surface area contributed by atoms with Gasteiger partial charge in [0.2, 0.25) is 0 Å². The fourth-order valence-corrected chi connectivity index (χ4v) is 5.53. The molecular weight excluding hydrogens is 424 g/mol. The second-order valence-electron chi connectivity index (χ2n) is 9.65. The highest BCUT2D eigenvalue weighted by molar-refractivity contribution is 6.07. The van der Waals surface area contributed by atoms with Crippen molar-refractivity contribution >= 4 is 28.1 Å². The van der Waals surface area contributed by atoms with Crippen LogP contribution in [0.15, 0.2) is 54.7 Å². The van der Waals surface area contributed by atoms with Gasteiger partial charge in [-0.05, 0) is 49.4 Å². The quantitative estimate of drug-likeness (QED) is 0.504. The highest BCUT2D eigenvalue weighted by atomic mass is 16.2. The van der Waals surface area contributed by atoms with E-state index in [-0.39, 0.29) is 18.0 Å². The van der Waals surface area contributed by atoms with Gasteiger partial charge in [0.15, 0.2) is 5.65 Å². The van der Waals surface area contributed by atoms with Gasteiger partial charge in [-0.3, -0.25) is 4.79 Å². The normalized spacial score (nSPS) is 21.0. The lowest BCUT2D eigenvalue weighted by Gasteiger charge is -2.35. The number of piperidine rings is 1. The predicted octanol–water partition coefficient (Wildman–Crippen LogP) is 4.10. The van der Waals surface area contributed by atoms with Gasteiger partial charge in [-0.1, -0.05) is 36.4 Å². The Morgan fingerprint density at radius 1 is 1.06 bits per heavy atom. The first-order valence-electron chi connectivity index (χ1n) is 12.2. The molecule has 4 heterocycles. The summed E-state index contributed by atoms with van der Waals surface area (Å²) in [4.78, 5) is 23.0. The zero-order chi connectivity index (χ0) is 23.2. The number of carbonyl (C=O) groups excluding carboxylic acids is 1. The minimum atomic E-state index is -0.0501. The third-order valence-electron chi connectivity index (χ3n) is 7.27. The Morgan fingerprint density at radius 2 is 1.91 bits per heavy atom. The predicted molar refractivity (Wildman–Crippen MR) is 134 cm³/mol. The van der Waals surface area contributed by atoms with E-state index in [4.69, 9.17) is 15.8 Å². The molecule has 7 heteroatoms. The first kappa shape index (κ1) is 21.1. The maximum atomic E-state index is 13.8. The Hall–Kier alpha value is -3.45. The monoisotopic (exact) mass is 454 g/mol. The van der Waals surface area contributed by atoms with Crippen LogP contribution in [0.3, 0.4) is 0 Å². The minimum Gasteiger partial charge on any atom is -0.355 e. The molecule has 0 bridgehead atoms. The Balaban J connectivity index is 1.35. The number of nitrogens with two attached hydrogens (primary N) is 1. The Morgan fingerprint density at radius 3 is 2.76 bits per heavy atom. The van der Waals surface area contributed by atoms with Crippen molar-refractivity contribution in [2.45, 2.75) is 44.7 Å². The van der Waals surface area contributed by atoms with Gasteiger partial charge in [-0.15, -0.1) is 0 Å². The van der Waals surface area contributed by atoms with Gasteiger partial charge in [0.25, 0.3) is 5.91 Å². The number of hydrogen-bond acceptors (Lipinski definition) is 5. The molecule has 2 aromatic heterocycles. The summed E-state index contributed by atoms with van der Waals surface area (Å²) in [7, 11) is 0. The SMILES string of the molecule is Cc1cn2nc(C3CCCCN3C(=O)c3cccc4ccccc34)cc2nc1N1CC[C@H](N)C1. The van der Waals surface area contributed by atoms with Crippen LogP contribution in [-0.4, -0.2) is 51.1 Å². The van der Waals surface area contributed by atoms with Gasteiger partial charge in [0.1, 0.15) is 5.82 Å². The van der Waals surface area contributed by atoms with Crippen LogP contribution in [0, 0.1) is 6.92 Å². The molecule has 34 heavy (non-hydrogen) atoms. The number of anilines is 1. The van der Waals surface area contributed by atoms with Crippen molar-refractivity contribution in [1.29, 1.82) is 0 Å². The van der Waals surface area contributed by atoms with Crippen LogP contribution < -0.4 is 10.6 Å². The number of fused-ring (bicyclic) bond motifs is 2. The number of benzene rings is 2. The van der Waals surface area contributed by atoms with E-state index < -0.39 is 0 Å². The minimum absolute atomic E-state index is 0.0501. The second-order valence-corrected chi connectivity index (χ2v) is 9.65. The largest absolute Gasteiger partial charge is 0.355 e. The van der Waals surface area contributed by atoms with Gasteiger partial charge < -0.3 is 15.5 Å². The molecule has 7 nitrogen and oxygen atoms in total. The summed E-state index contributed by atoms with van der Waals surface area (Å²) >= 11 is 0. The Kier molecular flexibility index (Phi) is 5.21. The van der Waals surface area contributed by atoms with Gasteiger partial charge in [0.05, 0.1) is 11.7 Å². The van der Waals surface area contributed by atoms with E-state index in [2.05, 4.69) is 30.0 Å². The lowest BCUT2D eigenvalue weighted by atomic mass is 9.96. The Bertz CT molecular complexity index is 1370. The van der Waals surface area contributed by atoms with Crippen molar-refractivity contribution in [3.05, 3.63) is 71.5 Å². The average Bonchev–Trinajstić information content (AvgIpc) is 3.48. The molecule has 2 aliphatic heterocycles. The summed E-state index contributed by atoms with van der Waals surface area (Å²) in [6, 6.07) is 16.3. The molecule has 0 spiro atoms. The molecule has 174 valence electrons. The summed E-state index contributed by atoms with van der Waals surface area (Å²) < 4.78 is 1.86. The van der Waals surface area contributed by atoms with Gasteiger partial charge in [-0.2, -0.15) is 5.10 Å². The maximum Gasteiger partial charge on any atom is 0.255 e. The summed E-state index contributed by atoms with van der Waals surface area (Å²) in [5, 5.41) is 6.97.